The Kier molecular flexibility index (Phi) is 7.29. The molecular weight excluding hydrogens is 447 g/mol. The summed E-state index contributed by atoms with van der Waals surface area (Å²) in [5.41, 5.74) is -0.0894. The molecule has 32 heavy (non-hydrogen) atoms. The van der Waals surface area contributed by atoms with Gasteiger partial charge in [-0.15, -0.1) is 0 Å². The molecule has 3 rings (SSSR count). The van der Waals surface area contributed by atoms with Crippen LogP contribution in [0.3, 0.4) is 0 Å². The summed E-state index contributed by atoms with van der Waals surface area (Å²) in [5.74, 6) is -0.0419. The molecule has 0 saturated carbocycles. The first-order valence-corrected chi connectivity index (χ1v) is 11.7. The van der Waals surface area contributed by atoms with E-state index >= 15 is 0 Å². The van der Waals surface area contributed by atoms with Gasteiger partial charge in [0.25, 0.3) is 0 Å². The number of amides is 2. The molecule has 2 amide bonds. The van der Waals surface area contributed by atoms with Crippen LogP contribution in [0.25, 0.3) is 0 Å². The van der Waals surface area contributed by atoms with Crippen LogP contribution in [0.2, 0.25) is 0 Å². The lowest BCUT2D eigenvalue weighted by Gasteiger charge is -2.30. The van der Waals surface area contributed by atoms with Gasteiger partial charge in [-0.25, -0.2) is 13.2 Å². The molecule has 0 aliphatic carbocycles. The van der Waals surface area contributed by atoms with Gasteiger partial charge in [0.2, 0.25) is 0 Å². The highest BCUT2D eigenvalue weighted by molar-refractivity contribution is 7.91. The van der Waals surface area contributed by atoms with Crippen LogP contribution in [0.5, 0.6) is 0 Å². The van der Waals surface area contributed by atoms with Crippen LogP contribution in [0, 0.1) is 0 Å². The summed E-state index contributed by atoms with van der Waals surface area (Å²) < 4.78 is 69.2. The van der Waals surface area contributed by atoms with E-state index in [2.05, 4.69) is 10.6 Å². The number of urea groups is 1. The van der Waals surface area contributed by atoms with Gasteiger partial charge in [0, 0.05) is 18.8 Å². The molecule has 1 heterocycles. The van der Waals surface area contributed by atoms with Crippen molar-refractivity contribution >= 4 is 32.9 Å². The smallest absolute Gasteiger partial charge is 0.378 e. The first-order valence-electron chi connectivity index (χ1n) is 10.0. The predicted octanol–water partition coefficient (Wildman–Crippen LogP) is 4.37. The zero-order chi connectivity index (χ0) is 23.4. The van der Waals surface area contributed by atoms with E-state index in [-0.39, 0.29) is 22.0 Å². The van der Waals surface area contributed by atoms with Crippen molar-refractivity contribution in [2.75, 3.05) is 47.6 Å². The highest BCUT2D eigenvalue weighted by Gasteiger charge is 2.30. The zero-order valence-corrected chi connectivity index (χ0v) is 18.2. The van der Waals surface area contributed by atoms with Crippen molar-refractivity contribution in [3.8, 4) is 0 Å². The average Bonchev–Trinajstić information content (AvgIpc) is 2.74. The number of hydrogen-bond donors (Lipinski definition) is 2. The van der Waals surface area contributed by atoms with Gasteiger partial charge in [-0.3, -0.25) is 0 Å². The van der Waals surface area contributed by atoms with Crippen LogP contribution in [0.15, 0.2) is 47.4 Å². The predicted molar refractivity (Wildman–Crippen MR) is 116 cm³/mol. The number of halogens is 3. The number of anilines is 3. The number of rotatable bonds is 6. The number of hydrogen-bond acceptors (Lipinski definition) is 5. The molecule has 2 aromatic carbocycles. The Morgan fingerprint density at radius 1 is 1.09 bits per heavy atom. The molecule has 0 radical (unpaired) electrons. The van der Waals surface area contributed by atoms with Crippen molar-refractivity contribution in [1.82, 2.24) is 0 Å². The van der Waals surface area contributed by atoms with Crippen LogP contribution >= 0.6 is 0 Å². The van der Waals surface area contributed by atoms with Crippen molar-refractivity contribution in [2.24, 2.45) is 0 Å². The van der Waals surface area contributed by atoms with E-state index < -0.39 is 27.6 Å². The number of carbonyl (C=O) groups is 1. The highest BCUT2D eigenvalue weighted by Crippen LogP contribution is 2.32. The highest BCUT2D eigenvalue weighted by atomic mass is 32.2. The van der Waals surface area contributed by atoms with Crippen molar-refractivity contribution in [3.05, 3.63) is 48.0 Å². The summed E-state index contributed by atoms with van der Waals surface area (Å²) in [6.45, 7) is 3.80. The molecule has 7 nitrogen and oxygen atoms in total. The number of benzene rings is 2. The minimum Gasteiger partial charge on any atom is -0.378 e. The lowest BCUT2D eigenvalue weighted by atomic mass is 10.2. The van der Waals surface area contributed by atoms with Gasteiger partial charge >= 0.3 is 12.2 Å². The Morgan fingerprint density at radius 2 is 1.81 bits per heavy atom. The topological polar surface area (TPSA) is 87.7 Å². The van der Waals surface area contributed by atoms with E-state index in [4.69, 9.17) is 4.74 Å². The number of nitrogens with zero attached hydrogens (tertiary/aromatic N) is 1. The summed E-state index contributed by atoms with van der Waals surface area (Å²) in [6.07, 6.45) is -4.11. The van der Waals surface area contributed by atoms with Gasteiger partial charge in [-0.1, -0.05) is 13.0 Å². The second-order valence-corrected chi connectivity index (χ2v) is 9.36. The molecule has 174 valence electrons. The number of ether oxygens (including phenoxy) is 1. The normalized spacial score (nSPS) is 14.8. The summed E-state index contributed by atoms with van der Waals surface area (Å²) in [7, 11) is -3.54. The molecule has 0 unspecified atom stereocenters. The lowest BCUT2D eigenvalue weighted by Crippen LogP contribution is -2.37. The fourth-order valence-electron chi connectivity index (χ4n) is 3.33. The Morgan fingerprint density at radius 3 is 2.47 bits per heavy atom. The fourth-order valence-corrected chi connectivity index (χ4v) is 4.68. The first-order chi connectivity index (χ1) is 15.1. The number of sulfone groups is 1. The molecule has 1 aliphatic heterocycles. The van der Waals surface area contributed by atoms with Gasteiger partial charge in [0.15, 0.2) is 9.84 Å². The number of morpholine rings is 1. The van der Waals surface area contributed by atoms with E-state index in [1.54, 1.807) is 13.0 Å². The first kappa shape index (κ1) is 23.9. The average molecular weight is 472 g/mol. The SMILES string of the molecule is CCCS(=O)(=O)c1ccc(N2CCOCC2)c(NC(=O)Nc2cccc(C(F)(F)F)c2)c1. The van der Waals surface area contributed by atoms with Crippen LogP contribution in [-0.2, 0) is 20.8 Å². The minimum atomic E-state index is -4.54. The van der Waals surface area contributed by atoms with E-state index in [1.165, 1.54) is 24.3 Å². The maximum atomic E-state index is 12.9. The number of nitrogens with one attached hydrogen (secondary N) is 2. The van der Waals surface area contributed by atoms with Gasteiger partial charge in [-0.05, 0) is 42.8 Å². The Bertz CT molecular complexity index is 1070. The summed E-state index contributed by atoms with van der Waals surface area (Å²) in [4.78, 5) is 14.6. The minimum absolute atomic E-state index is 0.0417. The lowest BCUT2D eigenvalue weighted by molar-refractivity contribution is -0.137. The molecule has 0 aromatic heterocycles. The molecule has 0 spiro atoms. The molecule has 1 aliphatic rings. The molecule has 1 fully saturated rings. The van der Waals surface area contributed by atoms with E-state index in [9.17, 15) is 26.4 Å². The standard InChI is InChI=1S/C21H24F3N3O4S/c1-2-12-32(29,30)17-6-7-19(27-8-10-31-11-9-27)18(14-17)26-20(28)25-16-5-3-4-15(13-16)21(22,23)24/h3-7,13-14H,2,8-12H2,1H3,(H2,25,26,28). The third-order valence-corrected chi connectivity index (χ3v) is 6.77. The fraction of sp³-hybridized carbons (Fsp3) is 0.381. The van der Waals surface area contributed by atoms with E-state index in [0.717, 1.165) is 12.1 Å². The molecule has 11 heteroatoms. The Labute approximate surface area is 184 Å². The molecule has 0 bridgehead atoms. The second kappa shape index (κ2) is 9.78. The third-order valence-electron chi connectivity index (χ3n) is 4.85. The van der Waals surface area contributed by atoms with Crippen molar-refractivity contribution < 1.29 is 31.1 Å². The van der Waals surface area contributed by atoms with Crippen molar-refractivity contribution in [1.29, 1.82) is 0 Å². The van der Waals surface area contributed by atoms with Gasteiger partial charge in [0.1, 0.15) is 0 Å². The van der Waals surface area contributed by atoms with Crippen LogP contribution in [0.4, 0.5) is 35.0 Å². The monoisotopic (exact) mass is 471 g/mol. The van der Waals surface area contributed by atoms with Crippen molar-refractivity contribution in [2.45, 2.75) is 24.4 Å². The van der Waals surface area contributed by atoms with E-state index in [0.29, 0.717) is 38.4 Å². The van der Waals surface area contributed by atoms with Gasteiger partial charge in [0.05, 0.1) is 40.8 Å². The van der Waals surface area contributed by atoms with Gasteiger partial charge in [-0.2, -0.15) is 13.2 Å². The summed E-state index contributed by atoms with van der Waals surface area (Å²) in [5, 5.41) is 4.96. The zero-order valence-electron chi connectivity index (χ0n) is 17.4. The van der Waals surface area contributed by atoms with Crippen LogP contribution in [-0.4, -0.2) is 46.5 Å². The van der Waals surface area contributed by atoms with Crippen LogP contribution in [0.1, 0.15) is 18.9 Å². The van der Waals surface area contributed by atoms with Gasteiger partial charge < -0.3 is 20.3 Å². The molecule has 1 saturated heterocycles. The molecule has 0 atom stereocenters. The maximum absolute atomic E-state index is 12.9. The second-order valence-electron chi connectivity index (χ2n) is 7.25. The number of alkyl halides is 3. The largest absolute Gasteiger partial charge is 0.416 e. The molecular formula is C21H24F3N3O4S. The summed E-state index contributed by atoms with van der Waals surface area (Å²) >= 11 is 0. The number of carbonyl (C=O) groups excluding carboxylic acids is 1. The molecule has 2 N–H and O–H groups in total. The summed E-state index contributed by atoms with van der Waals surface area (Å²) in [6, 6.07) is 7.95. The van der Waals surface area contributed by atoms with Crippen molar-refractivity contribution in [3.63, 3.8) is 0 Å². The quantitative estimate of drug-likeness (QED) is 0.653. The van der Waals surface area contributed by atoms with Crippen LogP contribution < -0.4 is 15.5 Å². The Balaban J connectivity index is 1.87. The molecule has 2 aromatic rings. The van der Waals surface area contributed by atoms with E-state index in [1.807, 2.05) is 4.90 Å². The Hall–Kier alpha value is -2.79. The third kappa shape index (κ3) is 5.92. The maximum Gasteiger partial charge on any atom is 0.416 e.